The summed E-state index contributed by atoms with van der Waals surface area (Å²) in [6.07, 6.45) is 4.79. The summed E-state index contributed by atoms with van der Waals surface area (Å²) in [6.45, 7) is 2.97. The van der Waals surface area contributed by atoms with E-state index in [0.717, 1.165) is 31.4 Å². The first-order chi connectivity index (χ1) is 9.71. The van der Waals surface area contributed by atoms with Crippen LogP contribution in [0.4, 0.5) is 4.39 Å². The Bertz CT molecular complexity index is 459. The van der Waals surface area contributed by atoms with Gasteiger partial charge in [0.05, 0.1) is 6.10 Å². The van der Waals surface area contributed by atoms with E-state index in [1.54, 1.807) is 0 Å². The first kappa shape index (κ1) is 14.0. The fourth-order valence-electron chi connectivity index (χ4n) is 4.22. The van der Waals surface area contributed by atoms with E-state index in [2.05, 4.69) is 0 Å². The Morgan fingerprint density at radius 2 is 2.10 bits per heavy atom. The fraction of sp³-hybridized carbons (Fsp3) is 0.647. The van der Waals surface area contributed by atoms with Crippen molar-refractivity contribution in [2.75, 3.05) is 13.2 Å². The second kappa shape index (κ2) is 5.45. The van der Waals surface area contributed by atoms with Crippen LogP contribution in [0.15, 0.2) is 24.3 Å². The van der Waals surface area contributed by atoms with Gasteiger partial charge >= 0.3 is 0 Å². The third kappa shape index (κ3) is 2.27. The highest BCUT2D eigenvalue weighted by atomic mass is 19.1. The average Bonchev–Trinajstić information content (AvgIpc) is 3.13. The van der Waals surface area contributed by atoms with Crippen molar-refractivity contribution >= 4 is 0 Å². The van der Waals surface area contributed by atoms with E-state index < -0.39 is 0 Å². The molecule has 2 saturated carbocycles. The van der Waals surface area contributed by atoms with Gasteiger partial charge in [-0.2, -0.15) is 0 Å². The van der Waals surface area contributed by atoms with Crippen LogP contribution in [0.25, 0.3) is 0 Å². The lowest BCUT2D eigenvalue weighted by Crippen LogP contribution is -2.34. The number of rotatable bonds is 4. The van der Waals surface area contributed by atoms with Gasteiger partial charge in [-0.05, 0) is 55.7 Å². The molecule has 3 rings (SSSR count). The van der Waals surface area contributed by atoms with E-state index in [1.807, 2.05) is 19.1 Å². The molecule has 110 valence electrons. The van der Waals surface area contributed by atoms with E-state index in [-0.39, 0.29) is 23.8 Å². The molecule has 1 spiro atoms. The molecule has 0 bridgehead atoms. The number of aliphatic hydroxyl groups is 1. The van der Waals surface area contributed by atoms with Crippen molar-refractivity contribution in [3.63, 3.8) is 0 Å². The standard InChI is InChI=1S/C17H23FO2/c1-2-20-16-10-17(16)9-3-4-14(15(17)11-19)12-5-7-13(18)8-6-12/h5-8,14-16,19H,2-4,9-11H2,1H3/t14-,15?,16+,17-/m0/s1. The molecule has 2 aliphatic carbocycles. The molecule has 1 N–H and O–H groups in total. The number of hydrogen-bond donors (Lipinski definition) is 1. The Kier molecular flexibility index (Phi) is 3.83. The molecular weight excluding hydrogens is 255 g/mol. The summed E-state index contributed by atoms with van der Waals surface area (Å²) in [7, 11) is 0. The summed E-state index contributed by atoms with van der Waals surface area (Å²) in [5, 5.41) is 9.91. The molecule has 1 unspecified atom stereocenters. The van der Waals surface area contributed by atoms with Gasteiger partial charge in [0.25, 0.3) is 0 Å². The van der Waals surface area contributed by atoms with E-state index in [0.29, 0.717) is 12.0 Å². The summed E-state index contributed by atoms with van der Waals surface area (Å²) in [6, 6.07) is 6.80. The van der Waals surface area contributed by atoms with E-state index in [1.165, 1.54) is 18.6 Å². The third-order valence-corrected chi connectivity index (χ3v) is 5.29. The van der Waals surface area contributed by atoms with Crippen LogP contribution in [-0.4, -0.2) is 24.4 Å². The summed E-state index contributed by atoms with van der Waals surface area (Å²) in [5.41, 5.74) is 1.33. The first-order valence-corrected chi connectivity index (χ1v) is 7.69. The smallest absolute Gasteiger partial charge is 0.123 e. The monoisotopic (exact) mass is 278 g/mol. The topological polar surface area (TPSA) is 29.5 Å². The normalized spacial score (nSPS) is 36.2. The van der Waals surface area contributed by atoms with Crippen LogP contribution < -0.4 is 0 Å². The van der Waals surface area contributed by atoms with Crippen LogP contribution in [0.3, 0.4) is 0 Å². The third-order valence-electron chi connectivity index (χ3n) is 5.29. The van der Waals surface area contributed by atoms with Gasteiger partial charge in [0.15, 0.2) is 0 Å². The SMILES string of the molecule is CCO[C@@H]1C[C@]12CCC[C@@H](c1ccc(F)cc1)C2CO. The lowest BCUT2D eigenvalue weighted by Gasteiger charge is -2.38. The number of ether oxygens (including phenoxy) is 1. The van der Waals surface area contributed by atoms with Crippen molar-refractivity contribution in [2.45, 2.75) is 44.6 Å². The lowest BCUT2D eigenvalue weighted by molar-refractivity contribution is 0.0306. The zero-order valence-electron chi connectivity index (χ0n) is 12.0. The van der Waals surface area contributed by atoms with Gasteiger partial charge in [0, 0.05) is 18.6 Å². The van der Waals surface area contributed by atoms with Crippen molar-refractivity contribution in [1.82, 2.24) is 0 Å². The molecule has 0 saturated heterocycles. The van der Waals surface area contributed by atoms with E-state index in [9.17, 15) is 9.50 Å². The van der Waals surface area contributed by atoms with Crippen molar-refractivity contribution < 1.29 is 14.2 Å². The molecule has 0 radical (unpaired) electrons. The predicted octanol–water partition coefficient (Wildman–Crippen LogP) is 3.50. The summed E-state index contributed by atoms with van der Waals surface area (Å²) >= 11 is 0. The maximum Gasteiger partial charge on any atom is 0.123 e. The molecule has 0 amide bonds. The molecule has 2 nitrogen and oxygen atoms in total. The highest BCUT2D eigenvalue weighted by Gasteiger charge is 2.62. The minimum atomic E-state index is -0.196. The number of benzene rings is 1. The highest BCUT2D eigenvalue weighted by molar-refractivity contribution is 5.25. The summed E-state index contributed by atoms with van der Waals surface area (Å²) < 4.78 is 18.9. The van der Waals surface area contributed by atoms with Crippen LogP contribution in [0.1, 0.15) is 44.1 Å². The van der Waals surface area contributed by atoms with Crippen LogP contribution in [-0.2, 0) is 4.74 Å². The second-order valence-corrected chi connectivity index (χ2v) is 6.22. The first-order valence-electron chi connectivity index (χ1n) is 7.69. The maximum atomic E-state index is 13.1. The van der Waals surface area contributed by atoms with Crippen molar-refractivity contribution in [3.05, 3.63) is 35.6 Å². The summed E-state index contributed by atoms with van der Waals surface area (Å²) in [4.78, 5) is 0. The van der Waals surface area contributed by atoms with Gasteiger partial charge in [-0.25, -0.2) is 4.39 Å². The molecule has 2 aliphatic rings. The van der Waals surface area contributed by atoms with E-state index >= 15 is 0 Å². The van der Waals surface area contributed by atoms with Gasteiger partial charge < -0.3 is 9.84 Å². The summed E-state index contributed by atoms with van der Waals surface area (Å²) in [5.74, 6) is 0.386. The maximum absolute atomic E-state index is 13.1. The minimum absolute atomic E-state index is 0.169. The Morgan fingerprint density at radius 1 is 1.35 bits per heavy atom. The molecule has 0 aliphatic heterocycles. The zero-order chi connectivity index (χ0) is 14.2. The second-order valence-electron chi connectivity index (χ2n) is 6.22. The molecule has 20 heavy (non-hydrogen) atoms. The molecular formula is C17H23FO2. The van der Waals surface area contributed by atoms with E-state index in [4.69, 9.17) is 4.74 Å². The van der Waals surface area contributed by atoms with Crippen molar-refractivity contribution in [3.8, 4) is 0 Å². The Morgan fingerprint density at radius 3 is 2.75 bits per heavy atom. The van der Waals surface area contributed by atoms with Crippen LogP contribution in [0.5, 0.6) is 0 Å². The lowest BCUT2D eigenvalue weighted by atomic mass is 9.67. The van der Waals surface area contributed by atoms with Gasteiger partial charge in [0.1, 0.15) is 5.82 Å². The van der Waals surface area contributed by atoms with Gasteiger partial charge in [-0.15, -0.1) is 0 Å². The Balaban J connectivity index is 1.83. The number of halogens is 1. The number of hydrogen-bond acceptors (Lipinski definition) is 2. The molecule has 0 aromatic heterocycles. The van der Waals surface area contributed by atoms with Gasteiger partial charge in [0.2, 0.25) is 0 Å². The van der Waals surface area contributed by atoms with Gasteiger partial charge in [-0.3, -0.25) is 0 Å². The minimum Gasteiger partial charge on any atom is -0.396 e. The van der Waals surface area contributed by atoms with Crippen LogP contribution >= 0.6 is 0 Å². The molecule has 0 heterocycles. The average molecular weight is 278 g/mol. The van der Waals surface area contributed by atoms with Crippen LogP contribution in [0, 0.1) is 17.2 Å². The quantitative estimate of drug-likeness (QED) is 0.913. The number of aliphatic hydroxyl groups excluding tert-OH is 1. The zero-order valence-corrected chi connectivity index (χ0v) is 12.0. The molecule has 1 aromatic rings. The Labute approximate surface area is 120 Å². The molecule has 3 heteroatoms. The van der Waals surface area contributed by atoms with Crippen LogP contribution in [0.2, 0.25) is 0 Å². The fourth-order valence-corrected chi connectivity index (χ4v) is 4.22. The highest BCUT2D eigenvalue weighted by Crippen LogP contribution is 2.64. The van der Waals surface area contributed by atoms with Crippen molar-refractivity contribution in [1.29, 1.82) is 0 Å². The predicted molar refractivity (Wildman–Crippen MR) is 76.0 cm³/mol. The van der Waals surface area contributed by atoms with Crippen molar-refractivity contribution in [2.24, 2.45) is 11.3 Å². The largest absolute Gasteiger partial charge is 0.396 e. The molecule has 1 aromatic carbocycles. The van der Waals surface area contributed by atoms with Gasteiger partial charge in [-0.1, -0.05) is 18.6 Å². The molecule has 2 fully saturated rings. The Hall–Kier alpha value is -0.930. The molecule has 4 atom stereocenters.